The summed E-state index contributed by atoms with van der Waals surface area (Å²) < 4.78 is 10.7. The van der Waals surface area contributed by atoms with E-state index in [1.807, 2.05) is 12.1 Å². The Morgan fingerprint density at radius 3 is 2.46 bits per heavy atom. The van der Waals surface area contributed by atoms with Gasteiger partial charge in [0.2, 0.25) is 0 Å². The molecule has 7 heteroatoms. The molecule has 2 rings (SSSR count). The molecule has 26 heavy (non-hydrogen) atoms. The van der Waals surface area contributed by atoms with Crippen LogP contribution in [0.15, 0.2) is 42.5 Å². The van der Waals surface area contributed by atoms with E-state index in [4.69, 9.17) is 32.7 Å². The highest BCUT2D eigenvalue weighted by atomic mass is 35.5. The summed E-state index contributed by atoms with van der Waals surface area (Å²) >= 11 is 13.6. The third-order valence-corrected chi connectivity index (χ3v) is 5.31. The van der Waals surface area contributed by atoms with Gasteiger partial charge < -0.3 is 14.8 Å². The lowest BCUT2D eigenvalue weighted by atomic mass is 10.2. The van der Waals surface area contributed by atoms with E-state index < -0.39 is 6.10 Å². The fraction of sp³-hybridized carbons (Fsp3) is 0.316. The number of carbonyl (C=O) groups is 1. The minimum atomic E-state index is -0.566. The summed E-state index contributed by atoms with van der Waals surface area (Å²) in [6.07, 6.45) is -0.566. The standard InChI is InChI=1S/C19H21Cl2NO3S/c1-13(25-16-6-4-15(24-2)5-7-16)19(23)22-9-10-26-12-14-3-8-17(20)18(21)11-14/h3-8,11,13H,9-10,12H2,1-2H3,(H,22,23)/t13-/m1/s1. The van der Waals surface area contributed by atoms with Crippen molar-refractivity contribution in [3.63, 3.8) is 0 Å². The van der Waals surface area contributed by atoms with E-state index in [1.165, 1.54) is 0 Å². The van der Waals surface area contributed by atoms with Crippen LogP contribution in [0.25, 0.3) is 0 Å². The number of benzene rings is 2. The number of halogens is 2. The predicted octanol–water partition coefficient (Wildman–Crippen LogP) is 4.82. The van der Waals surface area contributed by atoms with Crippen molar-refractivity contribution in [3.05, 3.63) is 58.1 Å². The van der Waals surface area contributed by atoms with Crippen molar-refractivity contribution >= 4 is 40.9 Å². The summed E-state index contributed by atoms with van der Waals surface area (Å²) in [4.78, 5) is 12.1. The van der Waals surface area contributed by atoms with Gasteiger partial charge in [-0.1, -0.05) is 29.3 Å². The number of thioether (sulfide) groups is 1. The number of carbonyl (C=O) groups excluding carboxylic acids is 1. The normalized spacial score (nSPS) is 11.7. The lowest BCUT2D eigenvalue weighted by Gasteiger charge is -2.15. The van der Waals surface area contributed by atoms with Crippen LogP contribution in [-0.4, -0.2) is 31.4 Å². The Balaban J connectivity index is 1.66. The third-order valence-electron chi connectivity index (χ3n) is 3.54. The molecule has 0 spiro atoms. The SMILES string of the molecule is COc1ccc(O[C@H](C)C(=O)NCCSCc2ccc(Cl)c(Cl)c2)cc1. The number of ether oxygens (including phenoxy) is 2. The molecule has 0 heterocycles. The molecule has 0 bridgehead atoms. The van der Waals surface area contributed by atoms with E-state index in [2.05, 4.69) is 5.32 Å². The van der Waals surface area contributed by atoms with Crippen LogP contribution in [0.4, 0.5) is 0 Å². The summed E-state index contributed by atoms with van der Waals surface area (Å²) in [6, 6.07) is 12.7. The molecule has 140 valence electrons. The zero-order valence-corrected chi connectivity index (χ0v) is 17.0. The second-order valence-electron chi connectivity index (χ2n) is 5.53. The maximum atomic E-state index is 12.1. The van der Waals surface area contributed by atoms with E-state index in [0.717, 1.165) is 22.8 Å². The molecule has 0 aromatic heterocycles. The highest BCUT2D eigenvalue weighted by molar-refractivity contribution is 7.98. The van der Waals surface area contributed by atoms with Gasteiger partial charge in [-0.2, -0.15) is 11.8 Å². The van der Waals surface area contributed by atoms with E-state index in [1.54, 1.807) is 56.1 Å². The number of nitrogens with one attached hydrogen (secondary N) is 1. The second kappa shape index (κ2) is 10.6. The average molecular weight is 414 g/mol. The smallest absolute Gasteiger partial charge is 0.260 e. The van der Waals surface area contributed by atoms with Gasteiger partial charge in [-0.05, 0) is 48.9 Å². The van der Waals surface area contributed by atoms with Crippen LogP contribution in [0.3, 0.4) is 0 Å². The van der Waals surface area contributed by atoms with Gasteiger partial charge in [-0.25, -0.2) is 0 Å². The fourth-order valence-electron chi connectivity index (χ4n) is 2.12. The quantitative estimate of drug-likeness (QED) is 0.598. The molecule has 4 nitrogen and oxygen atoms in total. The van der Waals surface area contributed by atoms with Crippen LogP contribution in [0.2, 0.25) is 10.0 Å². The highest BCUT2D eigenvalue weighted by Crippen LogP contribution is 2.24. The summed E-state index contributed by atoms with van der Waals surface area (Å²) in [5, 5.41) is 3.99. The molecule has 0 fully saturated rings. The Morgan fingerprint density at radius 1 is 1.12 bits per heavy atom. The van der Waals surface area contributed by atoms with Gasteiger partial charge in [-0.15, -0.1) is 0 Å². The molecule has 1 amide bonds. The number of hydrogen-bond acceptors (Lipinski definition) is 4. The first kappa shape index (κ1) is 20.7. The molecule has 0 aliphatic carbocycles. The van der Waals surface area contributed by atoms with Crippen LogP contribution in [-0.2, 0) is 10.5 Å². The Morgan fingerprint density at radius 2 is 1.81 bits per heavy atom. The minimum Gasteiger partial charge on any atom is -0.497 e. The van der Waals surface area contributed by atoms with E-state index in [0.29, 0.717) is 22.3 Å². The van der Waals surface area contributed by atoms with E-state index in [9.17, 15) is 4.79 Å². The Kier molecular flexibility index (Phi) is 8.42. The van der Waals surface area contributed by atoms with Gasteiger partial charge >= 0.3 is 0 Å². The van der Waals surface area contributed by atoms with Gasteiger partial charge in [0.15, 0.2) is 6.10 Å². The van der Waals surface area contributed by atoms with E-state index >= 15 is 0 Å². The molecule has 0 radical (unpaired) electrons. The molecular formula is C19H21Cl2NO3S. The van der Waals surface area contributed by atoms with Gasteiger partial charge in [0.1, 0.15) is 11.5 Å². The van der Waals surface area contributed by atoms with Crippen LogP contribution in [0, 0.1) is 0 Å². The number of amides is 1. The fourth-order valence-corrected chi connectivity index (χ4v) is 3.25. The predicted molar refractivity (Wildman–Crippen MR) is 109 cm³/mol. The van der Waals surface area contributed by atoms with Crippen LogP contribution in [0.1, 0.15) is 12.5 Å². The molecule has 0 aliphatic rings. The van der Waals surface area contributed by atoms with Crippen LogP contribution < -0.4 is 14.8 Å². The Hall–Kier alpha value is -1.56. The third kappa shape index (κ3) is 6.63. The monoisotopic (exact) mass is 413 g/mol. The maximum absolute atomic E-state index is 12.1. The highest BCUT2D eigenvalue weighted by Gasteiger charge is 2.14. The largest absolute Gasteiger partial charge is 0.497 e. The molecule has 2 aromatic carbocycles. The summed E-state index contributed by atoms with van der Waals surface area (Å²) in [6.45, 7) is 2.30. The molecule has 2 aromatic rings. The summed E-state index contributed by atoms with van der Waals surface area (Å²) in [5.74, 6) is 2.83. The zero-order chi connectivity index (χ0) is 18.9. The first-order valence-electron chi connectivity index (χ1n) is 8.09. The van der Waals surface area contributed by atoms with Gasteiger partial charge in [0, 0.05) is 18.1 Å². The number of hydrogen-bond donors (Lipinski definition) is 1. The van der Waals surface area contributed by atoms with Crippen LogP contribution >= 0.6 is 35.0 Å². The van der Waals surface area contributed by atoms with Gasteiger partial charge in [-0.3, -0.25) is 4.79 Å². The first-order valence-corrected chi connectivity index (χ1v) is 10.0. The van der Waals surface area contributed by atoms with Gasteiger partial charge in [0.25, 0.3) is 5.91 Å². The molecular weight excluding hydrogens is 393 g/mol. The molecule has 1 N–H and O–H groups in total. The summed E-state index contributed by atoms with van der Waals surface area (Å²) in [7, 11) is 1.60. The Labute approximate surface area is 168 Å². The molecule has 0 aliphatic heterocycles. The lowest BCUT2D eigenvalue weighted by Crippen LogP contribution is -2.37. The summed E-state index contributed by atoms with van der Waals surface area (Å²) in [5.41, 5.74) is 1.10. The molecule has 1 atom stereocenters. The van der Waals surface area contributed by atoms with Crippen molar-refractivity contribution < 1.29 is 14.3 Å². The molecule has 0 saturated heterocycles. The average Bonchev–Trinajstić information content (AvgIpc) is 2.64. The lowest BCUT2D eigenvalue weighted by molar-refractivity contribution is -0.127. The second-order valence-corrected chi connectivity index (χ2v) is 7.45. The van der Waals surface area contributed by atoms with Crippen molar-refractivity contribution in [2.75, 3.05) is 19.4 Å². The minimum absolute atomic E-state index is 0.143. The topological polar surface area (TPSA) is 47.6 Å². The van der Waals surface area contributed by atoms with Crippen molar-refractivity contribution in [2.45, 2.75) is 18.8 Å². The van der Waals surface area contributed by atoms with Gasteiger partial charge in [0.05, 0.1) is 17.2 Å². The molecule has 0 saturated carbocycles. The number of rotatable bonds is 9. The number of methoxy groups -OCH3 is 1. The Bertz CT molecular complexity index is 725. The van der Waals surface area contributed by atoms with Crippen molar-refractivity contribution in [3.8, 4) is 11.5 Å². The first-order chi connectivity index (χ1) is 12.5. The van der Waals surface area contributed by atoms with Crippen molar-refractivity contribution in [1.82, 2.24) is 5.32 Å². The zero-order valence-electron chi connectivity index (χ0n) is 14.6. The molecule has 0 unspecified atom stereocenters. The maximum Gasteiger partial charge on any atom is 0.260 e. The van der Waals surface area contributed by atoms with Crippen LogP contribution in [0.5, 0.6) is 11.5 Å². The van der Waals surface area contributed by atoms with Crippen molar-refractivity contribution in [1.29, 1.82) is 0 Å². The van der Waals surface area contributed by atoms with E-state index in [-0.39, 0.29) is 5.91 Å². The van der Waals surface area contributed by atoms with Crippen molar-refractivity contribution in [2.24, 2.45) is 0 Å².